The number of amides is 1. The molecule has 0 aromatic heterocycles. The zero-order valence-electron chi connectivity index (χ0n) is 24.9. The fourth-order valence-corrected chi connectivity index (χ4v) is 12.7. The summed E-state index contributed by atoms with van der Waals surface area (Å²) >= 11 is 0. The minimum absolute atomic E-state index is 0.155. The first kappa shape index (κ1) is 29.8. The molecule has 0 aromatic rings. The highest BCUT2D eigenvalue weighted by atomic mass is 32.2. The average Bonchev–Trinajstić information content (AvgIpc) is 3.26. The summed E-state index contributed by atoms with van der Waals surface area (Å²) in [4.78, 5) is 12.7. The number of carbonyl (C=O) groups is 1. The van der Waals surface area contributed by atoms with E-state index in [0.717, 1.165) is 64.2 Å². The Hall–Kier alpha value is -0.660. The van der Waals surface area contributed by atoms with Gasteiger partial charge in [0.05, 0.1) is 17.5 Å². The summed E-state index contributed by atoms with van der Waals surface area (Å²) in [6.45, 7) is 9.42. The van der Waals surface area contributed by atoms with Gasteiger partial charge in [-0.1, -0.05) is 53.4 Å². The number of aliphatic hydroxyl groups is 2. The maximum Gasteiger partial charge on any atom is 0.237 e. The van der Waals surface area contributed by atoms with E-state index in [-0.39, 0.29) is 41.3 Å². The Balaban J connectivity index is 1.25. The fourth-order valence-electron chi connectivity index (χ4n) is 11.2. The Morgan fingerprint density at radius 2 is 1.59 bits per heavy atom. The van der Waals surface area contributed by atoms with Crippen molar-refractivity contribution in [2.45, 2.75) is 141 Å². The molecule has 0 aliphatic heterocycles. The number of nitrogens with one attached hydrogen (secondary N) is 1. The Kier molecular flexibility index (Phi) is 8.57. The molecule has 0 heterocycles. The lowest BCUT2D eigenvalue weighted by Gasteiger charge is -2.64. The predicted octanol–water partition coefficient (Wildman–Crippen LogP) is 5.81. The molecule has 5 fully saturated rings. The SMILES string of the molecule is CC[C@@H]1C2C[C@H](O)CCC2(C)[C@H]2CCC3(C)C([C@H](C)CCC(=O)NS(=O)(=O)C4CCCCC4)CC[C@H]3[C@@H]2[C@@H]1O. The van der Waals surface area contributed by atoms with Crippen LogP contribution in [0.4, 0.5) is 0 Å². The van der Waals surface area contributed by atoms with Crippen molar-refractivity contribution in [3.05, 3.63) is 0 Å². The van der Waals surface area contributed by atoms with Crippen LogP contribution in [0, 0.1) is 52.3 Å². The van der Waals surface area contributed by atoms with Crippen molar-refractivity contribution in [2.75, 3.05) is 0 Å². The standard InChI is InChI=1S/C32H55NO5S/c1-5-23-27-19-21(34)15-17-32(27,4)26-16-18-31(3)24(12-13-25(31)29(26)30(23)36)20(2)11-14-28(35)33-39(37,38)22-9-7-6-8-10-22/h20-27,29-30,34,36H,5-19H2,1-4H3,(H,33,35)/t20-,21-,23-,24?,25+,26+,27?,29+,30-,31?,32?/m1/s1. The van der Waals surface area contributed by atoms with Crippen LogP contribution >= 0.6 is 0 Å². The van der Waals surface area contributed by atoms with Crippen LogP contribution in [0.5, 0.6) is 0 Å². The molecule has 0 saturated heterocycles. The van der Waals surface area contributed by atoms with Crippen molar-refractivity contribution in [2.24, 2.45) is 52.3 Å². The normalized spacial score (nSPS) is 45.6. The molecule has 11 atom stereocenters. The molecule has 5 rings (SSSR count). The Labute approximate surface area is 237 Å². The van der Waals surface area contributed by atoms with Gasteiger partial charge in [0.1, 0.15) is 0 Å². The molecule has 0 bridgehead atoms. The van der Waals surface area contributed by atoms with Crippen molar-refractivity contribution in [3.8, 4) is 0 Å². The molecule has 0 spiro atoms. The highest BCUT2D eigenvalue weighted by molar-refractivity contribution is 7.90. The second kappa shape index (κ2) is 11.2. The number of sulfonamides is 1. The molecular weight excluding hydrogens is 510 g/mol. The average molecular weight is 566 g/mol. The van der Waals surface area contributed by atoms with Gasteiger partial charge in [0.15, 0.2) is 0 Å². The molecule has 0 aromatic carbocycles. The van der Waals surface area contributed by atoms with Crippen LogP contribution in [-0.2, 0) is 14.8 Å². The molecule has 6 nitrogen and oxygen atoms in total. The van der Waals surface area contributed by atoms with E-state index in [4.69, 9.17) is 0 Å². The third kappa shape index (κ3) is 5.24. The molecule has 5 aliphatic rings. The van der Waals surface area contributed by atoms with Crippen LogP contribution in [0.3, 0.4) is 0 Å². The molecule has 39 heavy (non-hydrogen) atoms. The minimum Gasteiger partial charge on any atom is -0.393 e. The van der Waals surface area contributed by atoms with Gasteiger partial charge in [-0.05, 0) is 116 Å². The van der Waals surface area contributed by atoms with Gasteiger partial charge in [0.25, 0.3) is 0 Å². The molecule has 1 amide bonds. The van der Waals surface area contributed by atoms with E-state index in [1.165, 1.54) is 6.42 Å². The first-order valence-corrected chi connectivity index (χ1v) is 17.9. The number of hydrogen-bond donors (Lipinski definition) is 3. The topological polar surface area (TPSA) is 104 Å². The second-order valence-corrected chi connectivity index (χ2v) is 16.9. The maximum absolute atomic E-state index is 12.7. The first-order valence-electron chi connectivity index (χ1n) is 16.3. The first-order chi connectivity index (χ1) is 18.4. The van der Waals surface area contributed by atoms with E-state index in [1.807, 2.05) is 0 Å². The van der Waals surface area contributed by atoms with Crippen molar-refractivity contribution in [1.82, 2.24) is 4.72 Å². The minimum atomic E-state index is -3.57. The largest absolute Gasteiger partial charge is 0.393 e. The van der Waals surface area contributed by atoms with E-state index in [9.17, 15) is 23.4 Å². The molecule has 224 valence electrons. The summed E-state index contributed by atoms with van der Waals surface area (Å²) in [5, 5.41) is 22.0. The summed E-state index contributed by atoms with van der Waals surface area (Å²) < 4.78 is 27.9. The highest BCUT2D eigenvalue weighted by Crippen LogP contribution is 2.69. The quantitative estimate of drug-likeness (QED) is 0.362. The van der Waals surface area contributed by atoms with Crippen LogP contribution in [-0.4, -0.2) is 42.0 Å². The number of hydrogen-bond acceptors (Lipinski definition) is 5. The summed E-state index contributed by atoms with van der Waals surface area (Å²) in [6.07, 6.45) is 13.1. The summed E-state index contributed by atoms with van der Waals surface area (Å²) in [6, 6.07) is 0. The van der Waals surface area contributed by atoms with Gasteiger partial charge in [-0.25, -0.2) is 8.42 Å². The summed E-state index contributed by atoms with van der Waals surface area (Å²) in [5.41, 5.74) is 0.360. The lowest BCUT2D eigenvalue weighted by Crippen LogP contribution is -2.62. The molecule has 3 N–H and O–H groups in total. The van der Waals surface area contributed by atoms with Crippen molar-refractivity contribution < 1.29 is 23.4 Å². The highest BCUT2D eigenvalue weighted by Gasteiger charge is 2.64. The van der Waals surface area contributed by atoms with E-state index < -0.39 is 15.3 Å². The Morgan fingerprint density at radius 1 is 0.923 bits per heavy atom. The Bertz CT molecular complexity index is 995. The van der Waals surface area contributed by atoms with Crippen molar-refractivity contribution in [1.29, 1.82) is 0 Å². The van der Waals surface area contributed by atoms with E-state index in [1.54, 1.807) is 0 Å². The van der Waals surface area contributed by atoms with Crippen LogP contribution < -0.4 is 4.72 Å². The molecule has 5 aliphatic carbocycles. The second-order valence-electron chi connectivity index (χ2n) is 15.0. The number of fused-ring (bicyclic) bond motifs is 5. The van der Waals surface area contributed by atoms with Gasteiger partial charge in [0.2, 0.25) is 15.9 Å². The lowest BCUT2D eigenvalue weighted by atomic mass is 9.41. The third-order valence-electron chi connectivity index (χ3n) is 13.2. The van der Waals surface area contributed by atoms with E-state index in [0.29, 0.717) is 54.8 Å². The molecule has 0 radical (unpaired) electrons. The summed E-state index contributed by atoms with van der Waals surface area (Å²) in [7, 11) is -3.57. The molecule has 5 saturated carbocycles. The van der Waals surface area contributed by atoms with Crippen molar-refractivity contribution >= 4 is 15.9 Å². The third-order valence-corrected chi connectivity index (χ3v) is 15.1. The fraction of sp³-hybridized carbons (Fsp3) is 0.969. The van der Waals surface area contributed by atoms with Crippen molar-refractivity contribution in [3.63, 3.8) is 0 Å². The van der Waals surface area contributed by atoms with Gasteiger partial charge in [-0.15, -0.1) is 0 Å². The van der Waals surface area contributed by atoms with Gasteiger partial charge >= 0.3 is 0 Å². The maximum atomic E-state index is 12.7. The summed E-state index contributed by atoms with van der Waals surface area (Å²) in [5.74, 6) is 2.52. The molecule has 7 heteroatoms. The monoisotopic (exact) mass is 565 g/mol. The van der Waals surface area contributed by atoms with Crippen LogP contribution in [0.25, 0.3) is 0 Å². The number of rotatable bonds is 7. The van der Waals surface area contributed by atoms with Crippen LogP contribution in [0.15, 0.2) is 0 Å². The Morgan fingerprint density at radius 3 is 2.28 bits per heavy atom. The number of carbonyl (C=O) groups excluding carboxylic acids is 1. The zero-order chi connectivity index (χ0) is 28.2. The van der Waals surface area contributed by atoms with Crippen LogP contribution in [0.2, 0.25) is 0 Å². The lowest BCUT2D eigenvalue weighted by molar-refractivity contribution is -0.203. The predicted molar refractivity (Wildman–Crippen MR) is 154 cm³/mol. The molecular formula is C32H55NO5S. The number of aliphatic hydroxyl groups excluding tert-OH is 2. The smallest absolute Gasteiger partial charge is 0.237 e. The van der Waals surface area contributed by atoms with Gasteiger partial charge < -0.3 is 10.2 Å². The zero-order valence-corrected chi connectivity index (χ0v) is 25.7. The van der Waals surface area contributed by atoms with Crippen LogP contribution in [0.1, 0.15) is 124 Å². The van der Waals surface area contributed by atoms with E-state index in [2.05, 4.69) is 32.4 Å². The van der Waals surface area contributed by atoms with E-state index >= 15 is 0 Å². The van der Waals surface area contributed by atoms with Gasteiger partial charge in [-0.3, -0.25) is 9.52 Å². The van der Waals surface area contributed by atoms with Gasteiger partial charge in [0, 0.05) is 6.42 Å². The molecule has 4 unspecified atom stereocenters. The van der Waals surface area contributed by atoms with Gasteiger partial charge in [-0.2, -0.15) is 0 Å².